The molecule has 1 N–H and O–H groups in total. The molecule has 19 heavy (non-hydrogen) atoms. The van der Waals surface area contributed by atoms with E-state index in [-0.39, 0.29) is 4.90 Å². The van der Waals surface area contributed by atoms with Gasteiger partial charge in [0.05, 0.1) is 10.7 Å². The summed E-state index contributed by atoms with van der Waals surface area (Å²) in [6, 6.07) is 6.64. The van der Waals surface area contributed by atoms with Crippen LogP contribution < -0.4 is 4.72 Å². The molecule has 0 unspecified atom stereocenters. The van der Waals surface area contributed by atoms with Crippen LogP contribution in [0.2, 0.25) is 5.02 Å². The molecular formula is C12H10BrClN2O2S. The van der Waals surface area contributed by atoms with Gasteiger partial charge in [-0.3, -0.25) is 9.71 Å². The Hall–Kier alpha value is -1.11. The fourth-order valence-corrected chi connectivity index (χ4v) is 3.47. The fraction of sp³-hybridized carbons (Fsp3) is 0.0833. The smallest absolute Gasteiger partial charge is 0.263 e. The minimum absolute atomic E-state index is 0.0706. The van der Waals surface area contributed by atoms with E-state index in [0.717, 1.165) is 5.56 Å². The largest absolute Gasteiger partial charge is 0.278 e. The molecule has 0 aliphatic heterocycles. The predicted octanol–water partition coefficient (Wildman–Crippen LogP) is 3.61. The molecule has 1 heterocycles. The summed E-state index contributed by atoms with van der Waals surface area (Å²) in [4.78, 5) is 3.91. The maximum atomic E-state index is 12.2. The van der Waals surface area contributed by atoms with E-state index in [4.69, 9.17) is 11.6 Å². The van der Waals surface area contributed by atoms with Gasteiger partial charge in [0.1, 0.15) is 4.90 Å². The molecule has 2 aromatic rings. The minimum Gasteiger partial charge on any atom is -0.278 e. The number of aromatic nitrogens is 1. The number of sulfonamides is 1. The third-order valence-corrected chi connectivity index (χ3v) is 4.51. The Morgan fingerprint density at radius 2 is 2.05 bits per heavy atom. The second-order valence-corrected chi connectivity index (χ2v) is 6.88. The molecule has 1 aromatic carbocycles. The second-order valence-electron chi connectivity index (χ2n) is 3.88. The van der Waals surface area contributed by atoms with Gasteiger partial charge in [-0.25, -0.2) is 8.42 Å². The van der Waals surface area contributed by atoms with Crippen LogP contribution in [0.3, 0.4) is 0 Å². The Kier molecular flexibility index (Phi) is 4.13. The molecular weight excluding hydrogens is 352 g/mol. The van der Waals surface area contributed by atoms with Gasteiger partial charge in [-0.2, -0.15) is 0 Å². The zero-order chi connectivity index (χ0) is 14.0. The van der Waals surface area contributed by atoms with E-state index in [1.807, 2.05) is 0 Å². The number of para-hydroxylation sites is 1. The minimum atomic E-state index is -3.71. The summed E-state index contributed by atoms with van der Waals surface area (Å²) < 4.78 is 27.5. The van der Waals surface area contributed by atoms with Gasteiger partial charge in [-0.05, 0) is 40.5 Å². The Morgan fingerprint density at radius 1 is 1.32 bits per heavy atom. The molecule has 4 nitrogen and oxygen atoms in total. The summed E-state index contributed by atoms with van der Waals surface area (Å²) in [7, 11) is -3.71. The van der Waals surface area contributed by atoms with Gasteiger partial charge in [0.15, 0.2) is 0 Å². The number of aryl methyl sites for hydroxylation is 1. The molecule has 7 heteroatoms. The molecule has 0 amide bonds. The summed E-state index contributed by atoms with van der Waals surface area (Å²) in [5.74, 6) is 0. The number of rotatable bonds is 3. The SMILES string of the molecule is Cc1cccc(Cl)c1NS(=O)(=O)c1cncc(Br)c1. The maximum absolute atomic E-state index is 12.2. The lowest BCUT2D eigenvalue weighted by molar-refractivity contribution is 0.600. The van der Waals surface area contributed by atoms with Gasteiger partial charge >= 0.3 is 0 Å². The average Bonchev–Trinajstić information content (AvgIpc) is 2.34. The number of anilines is 1. The van der Waals surface area contributed by atoms with Gasteiger partial charge in [0.25, 0.3) is 10.0 Å². The zero-order valence-corrected chi connectivity index (χ0v) is 13.1. The highest BCUT2D eigenvalue weighted by atomic mass is 79.9. The van der Waals surface area contributed by atoms with Crippen LogP contribution in [-0.2, 0) is 10.0 Å². The molecule has 0 atom stereocenters. The zero-order valence-electron chi connectivity index (χ0n) is 9.89. The van der Waals surface area contributed by atoms with Crippen molar-refractivity contribution < 1.29 is 8.42 Å². The quantitative estimate of drug-likeness (QED) is 0.908. The molecule has 0 fully saturated rings. The van der Waals surface area contributed by atoms with Gasteiger partial charge in [0, 0.05) is 16.9 Å². The predicted molar refractivity (Wildman–Crippen MR) is 78.9 cm³/mol. The molecule has 2 rings (SSSR count). The van der Waals surface area contributed by atoms with Gasteiger partial charge < -0.3 is 0 Å². The van der Waals surface area contributed by atoms with E-state index < -0.39 is 10.0 Å². The van der Waals surface area contributed by atoms with Crippen molar-refractivity contribution in [1.82, 2.24) is 4.98 Å². The first-order valence-corrected chi connectivity index (χ1v) is 7.94. The van der Waals surface area contributed by atoms with Crippen molar-refractivity contribution in [2.75, 3.05) is 4.72 Å². The van der Waals surface area contributed by atoms with Crippen LogP contribution in [0.25, 0.3) is 0 Å². The van der Waals surface area contributed by atoms with Crippen LogP contribution in [-0.4, -0.2) is 13.4 Å². The summed E-state index contributed by atoms with van der Waals surface area (Å²) in [5, 5.41) is 0.353. The van der Waals surface area contributed by atoms with E-state index >= 15 is 0 Å². The van der Waals surface area contributed by atoms with Crippen LogP contribution in [0.15, 0.2) is 46.0 Å². The van der Waals surface area contributed by atoms with Crippen molar-refractivity contribution in [2.45, 2.75) is 11.8 Å². The van der Waals surface area contributed by atoms with Gasteiger partial charge in [0.2, 0.25) is 0 Å². The lowest BCUT2D eigenvalue weighted by atomic mass is 10.2. The highest BCUT2D eigenvalue weighted by Gasteiger charge is 2.17. The monoisotopic (exact) mass is 360 g/mol. The van der Waals surface area contributed by atoms with E-state index in [0.29, 0.717) is 15.2 Å². The van der Waals surface area contributed by atoms with Crippen molar-refractivity contribution in [1.29, 1.82) is 0 Å². The Labute approximate surface area is 125 Å². The first-order valence-electron chi connectivity index (χ1n) is 5.28. The van der Waals surface area contributed by atoms with Gasteiger partial charge in [-0.1, -0.05) is 23.7 Å². The molecule has 100 valence electrons. The first kappa shape index (κ1) is 14.3. The van der Waals surface area contributed by atoms with Crippen molar-refractivity contribution >= 4 is 43.2 Å². The number of pyridine rings is 1. The summed E-state index contributed by atoms with van der Waals surface area (Å²) in [6.45, 7) is 1.78. The summed E-state index contributed by atoms with van der Waals surface area (Å²) in [5.41, 5.74) is 1.13. The number of halogens is 2. The Bertz CT molecular complexity index is 699. The molecule has 0 saturated heterocycles. The highest BCUT2D eigenvalue weighted by Crippen LogP contribution is 2.28. The molecule has 0 bridgehead atoms. The molecule has 0 aliphatic rings. The fourth-order valence-electron chi connectivity index (χ4n) is 1.49. The lowest BCUT2D eigenvalue weighted by Crippen LogP contribution is -2.14. The highest BCUT2D eigenvalue weighted by molar-refractivity contribution is 9.10. The second kappa shape index (κ2) is 5.48. The van der Waals surface area contributed by atoms with Crippen LogP contribution in [0.4, 0.5) is 5.69 Å². The van der Waals surface area contributed by atoms with E-state index in [1.165, 1.54) is 18.5 Å². The van der Waals surface area contributed by atoms with E-state index in [2.05, 4.69) is 25.6 Å². The molecule has 0 radical (unpaired) electrons. The first-order chi connectivity index (χ1) is 8.90. The average molecular weight is 362 g/mol. The molecule has 0 aliphatic carbocycles. The van der Waals surface area contributed by atoms with Gasteiger partial charge in [-0.15, -0.1) is 0 Å². The Balaban J connectivity index is 2.42. The number of nitrogens with one attached hydrogen (secondary N) is 1. The topological polar surface area (TPSA) is 59.1 Å². The Morgan fingerprint density at radius 3 is 2.68 bits per heavy atom. The normalized spacial score (nSPS) is 11.3. The summed E-state index contributed by atoms with van der Waals surface area (Å²) >= 11 is 9.19. The van der Waals surface area contributed by atoms with Crippen LogP contribution in [0.5, 0.6) is 0 Å². The number of hydrogen-bond donors (Lipinski definition) is 1. The molecule has 0 spiro atoms. The van der Waals surface area contributed by atoms with Crippen molar-refractivity contribution in [3.05, 3.63) is 51.7 Å². The summed E-state index contributed by atoms with van der Waals surface area (Å²) in [6.07, 6.45) is 2.79. The van der Waals surface area contributed by atoms with Crippen molar-refractivity contribution in [3.8, 4) is 0 Å². The lowest BCUT2D eigenvalue weighted by Gasteiger charge is -2.12. The van der Waals surface area contributed by atoms with Crippen LogP contribution in [0.1, 0.15) is 5.56 Å². The van der Waals surface area contributed by atoms with Crippen molar-refractivity contribution in [3.63, 3.8) is 0 Å². The number of nitrogens with zero attached hydrogens (tertiary/aromatic N) is 1. The molecule has 0 saturated carbocycles. The standard InChI is InChI=1S/C12H10BrClN2O2S/c1-8-3-2-4-11(14)12(8)16-19(17,18)10-5-9(13)6-15-7-10/h2-7,16H,1H3. The van der Waals surface area contributed by atoms with Crippen LogP contribution in [0, 0.1) is 6.92 Å². The van der Waals surface area contributed by atoms with E-state index in [9.17, 15) is 8.42 Å². The number of hydrogen-bond acceptors (Lipinski definition) is 3. The van der Waals surface area contributed by atoms with Crippen LogP contribution >= 0.6 is 27.5 Å². The maximum Gasteiger partial charge on any atom is 0.263 e. The molecule has 1 aromatic heterocycles. The van der Waals surface area contributed by atoms with Crippen molar-refractivity contribution in [2.24, 2.45) is 0 Å². The van der Waals surface area contributed by atoms with E-state index in [1.54, 1.807) is 25.1 Å². The third-order valence-electron chi connectivity index (χ3n) is 2.45. The third kappa shape index (κ3) is 3.26. The number of benzene rings is 1.